The molecule has 2 N–H and O–H groups in total. The first-order valence-electron chi connectivity index (χ1n) is 2.66. The predicted octanol–water partition coefficient (Wildman–Crippen LogP) is -3.30. The van der Waals surface area contributed by atoms with Gasteiger partial charge in [-0.1, -0.05) is 11.6 Å². The fourth-order valence-corrected chi connectivity index (χ4v) is 0.814. The van der Waals surface area contributed by atoms with Crippen LogP contribution < -0.4 is 62.2 Å². The van der Waals surface area contributed by atoms with E-state index in [1.807, 2.05) is 0 Å². The van der Waals surface area contributed by atoms with E-state index in [-0.39, 0.29) is 57.3 Å². The quantitative estimate of drug-likeness (QED) is 0.233. The molecule has 0 fully saturated rings. The van der Waals surface area contributed by atoms with Crippen LogP contribution in [0, 0.1) is 10.1 Å². The summed E-state index contributed by atoms with van der Waals surface area (Å²) in [6.45, 7) is 0. The number of nitro groups is 1. The molecular weight excluding hydrogens is 227 g/mol. The molecule has 0 unspecified atom stereocenters. The molecule has 0 spiro atoms. The first-order chi connectivity index (χ1) is 5.52. The van der Waals surface area contributed by atoms with E-state index in [2.05, 4.69) is 9.97 Å². The molecule has 0 amide bonds. The molecule has 0 radical (unpaired) electrons. The first-order valence-corrected chi connectivity index (χ1v) is 3.04. The van der Waals surface area contributed by atoms with Crippen LogP contribution in [0.15, 0.2) is 0 Å². The topological polar surface area (TPSA) is 118 Å². The second-order valence-corrected chi connectivity index (χ2v) is 2.14. The van der Waals surface area contributed by atoms with Crippen LogP contribution in [-0.4, -0.2) is 14.9 Å². The zero-order chi connectivity index (χ0) is 9.30. The molecule has 0 bridgehead atoms. The Morgan fingerprint density at radius 1 is 1.46 bits per heavy atom. The van der Waals surface area contributed by atoms with Gasteiger partial charge in [0.25, 0.3) is 0 Å². The number of nitrogens with zero attached hydrogens (tertiary/aromatic N) is 3. The SMILES string of the molecule is Nc1nc([O-])c([N+](=O)[O-])c(Cl)n1.[K+]. The van der Waals surface area contributed by atoms with E-state index in [1.54, 1.807) is 0 Å². The van der Waals surface area contributed by atoms with Crippen molar-refractivity contribution in [2.75, 3.05) is 5.73 Å². The summed E-state index contributed by atoms with van der Waals surface area (Å²) in [5.74, 6) is -1.46. The normalized spacial score (nSPS) is 9.00. The molecule has 7 nitrogen and oxygen atoms in total. The summed E-state index contributed by atoms with van der Waals surface area (Å²) in [4.78, 5) is 15.5. The monoisotopic (exact) mass is 228 g/mol. The van der Waals surface area contributed by atoms with Crippen molar-refractivity contribution in [1.29, 1.82) is 0 Å². The van der Waals surface area contributed by atoms with Gasteiger partial charge in [0.1, 0.15) is 0 Å². The molecule has 0 aliphatic heterocycles. The number of nitrogen functional groups attached to an aromatic ring is 1. The number of aromatic nitrogens is 2. The van der Waals surface area contributed by atoms with Crippen LogP contribution in [0.3, 0.4) is 0 Å². The maximum atomic E-state index is 10.7. The van der Waals surface area contributed by atoms with Crippen LogP contribution in [0.2, 0.25) is 5.15 Å². The number of halogens is 1. The minimum absolute atomic E-state index is 0. The number of anilines is 1. The summed E-state index contributed by atoms with van der Waals surface area (Å²) < 4.78 is 0. The molecule has 1 aromatic rings. The third-order valence-electron chi connectivity index (χ3n) is 1.01. The molecule has 0 atom stereocenters. The summed E-state index contributed by atoms with van der Waals surface area (Å²) in [7, 11) is 0. The molecule has 1 heterocycles. The van der Waals surface area contributed by atoms with E-state index in [9.17, 15) is 15.2 Å². The maximum absolute atomic E-state index is 10.7. The van der Waals surface area contributed by atoms with Gasteiger partial charge in [-0.2, -0.15) is 4.98 Å². The van der Waals surface area contributed by atoms with Crippen molar-refractivity contribution in [2.24, 2.45) is 0 Å². The van der Waals surface area contributed by atoms with E-state index in [0.29, 0.717) is 0 Å². The molecule has 64 valence electrons. The first kappa shape index (κ1) is 13.0. The Labute approximate surface area is 120 Å². The van der Waals surface area contributed by atoms with Gasteiger partial charge >= 0.3 is 57.1 Å². The van der Waals surface area contributed by atoms with Gasteiger partial charge in [0.15, 0.2) is 0 Å². The maximum Gasteiger partial charge on any atom is 1.00 e. The summed E-state index contributed by atoms with van der Waals surface area (Å²) in [5.41, 5.74) is 4.14. The van der Waals surface area contributed by atoms with Gasteiger partial charge in [-0.05, 0) is 0 Å². The van der Waals surface area contributed by atoms with Crippen LogP contribution in [0.1, 0.15) is 0 Å². The van der Waals surface area contributed by atoms with E-state index >= 15 is 0 Å². The largest absolute Gasteiger partial charge is 1.00 e. The molecule has 0 aliphatic rings. The Morgan fingerprint density at radius 3 is 2.38 bits per heavy atom. The third kappa shape index (κ3) is 3.00. The summed E-state index contributed by atoms with van der Waals surface area (Å²) in [6.07, 6.45) is 0. The van der Waals surface area contributed by atoms with Crippen molar-refractivity contribution in [2.45, 2.75) is 0 Å². The van der Waals surface area contributed by atoms with Crippen molar-refractivity contribution < 1.29 is 61.4 Å². The van der Waals surface area contributed by atoms with Gasteiger partial charge < -0.3 is 10.8 Å². The van der Waals surface area contributed by atoms with E-state index in [1.165, 1.54) is 0 Å². The smallest absolute Gasteiger partial charge is 0.854 e. The van der Waals surface area contributed by atoms with Gasteiger partial charge in [0.05, 0.1) is 10.8 Å². The van der Waals surface area contributed by atoms with Gasteiger partial charge in [0, 0.05) is 0 Å². The average molecular weight is 229 g/mol. The fraction of sp³-hybridized carbons (Fsp3) is 0. The van der Waals surface area contributed by atoms with Crippen LogP contribution in [-0.2, 0) is 0 Å². The molecule has 1 aromatic heterocycles. The summed E-state index contributed by atoms with van der Waals surface area (Å²) in [5, 5.41) is 20.4. The third-order valence-corrected chi connectivity index (χ3v) is 1.27. The second kappa shape index (κ2) is 5.03. The van der Waals surface area contributed by atoms with E-state index in [4.69, 9.17) is 17.3 Å². The van der Waals surface area contributed by atoms with Gasteiger partial charge in [-0.3, -0.25) is 10.1 Å². The van der Waals surface area contributed by atoms with Crippen molar-refractivity contribution in [3.63, 3.8) is 0 Å². The molecule has 0 saturated carbocycles. The van der Waals surface area contributed by atoms with E-state index in [0.717, 1.165) is 0 Å². The molecule has 0 saturated heterocycles. The molecule has 1 rings (SSSR count). The average Bonchev–Trinajstić information content (AvgIpc) is 1.82. The molecule has 0 aromatic carbocycles. The number of nitrogens with two attached hydrogens (primary N) is 1. The summed E-state index contributed by atoms with van der Waals surface area (Å²) in [6, 6.07) is 0. The minimum Gasteiger partial charge on any atom is -0.854 e. The number of hydrogen-bond donors (Lipinski definition) is 1. The molecule has 0 aliphatic carbocycles. The molecule has 13 heavy (non-hydrogen) atoms. The Balaban J connectivity index is 0.00000144. The van der Waals surface area contributed by atoms with Crippen LogP contribution >= 0.6 is 11.6 Å². The minimum atomic E-state index is -1.09. The fourth-order valence-electron chi connectivity index (χ4n) is 0.577. The standard InChI is InChI=1S/C4H3ClN4O3.K/c5-2-1(9(11)12)3(10)8-4(6)7-2;/h(H3,6,7,8,10);/q;+1/p-1. The van der Waals surface area contributed by atoms with Crippen LogP contribution in [0.5, 0.6) is 5.88 Å². The van der Waals surface area contributed by atoms with E-state index < -0.39 is 21.6 Å². The van der Waals surface area contributed by atoms with Crippen molar-refractivity contribution in [3.8, 4) is 5.88 Å². The van der Waals surface area contributed by atoms with Crippen molar-refractivity contribution in [1.82, 2.24) is 9.97 Å². The van der Waals surface area contributed by atoms with Gasteiger partial charge in [0.2, 0.25) is 11.1 Å². The predicted molar refractivity (Wildman–Crippen MR) is 37.6 cm³/mol. The van der Waals surface area contributed by atoms with Crippen LogP contribution in [0.25, 0.3) is 0 Å². The zero-order valence-corrected chi connectivity index (χ0v) is 10.4. The summed E-state index contributed by atoms with van der Waals surface area (Å²) >= 11 is 5.26. The Morgan fingerprint density at radius 2 is 2.00 bits per heavy atom. The number of rotatable bonds is 1. The van der Waals surface area contributed by atoms with Crippen molar-refractivity contribution in [3.05, 3.63) is 15.3 Å². The Bertz CT molecular complexity index is 323. The Kier molecular flexibility index (Phi) is 5.03. The van der Waals surface area contributed by atoms with Gasteiger partial charge in [-0.15, -0.1) is 0 Å². The Hall–Kier alpha value is 0.00636. The zero-order valence-electron chi connectivity index (χ0n) is 6.52. The van der Waals surface area contributed by atoms with Crippen LogP contribution in [0.4, 0.5) is 11.6 Å². The molecule has 9 heteroatoms. The van der Waals surface area contributed by atoms with Crippen molar-refractivity contribution >= 4 is 23.2 Å². The van der Waals surface area contributed by atoms with Gasteiger partial charge in [-0.25, -0.2) is 4.98 Å². The molecular formula is C4H2ClKN4O3. The second-order valence-electron chi connectivity index (χ2n) is 1.78. The number of hydrogen-bond acceptors (Lipinski definition) is 6.